The van der Waals surface area contributed by atoms with Crippen LogP contribution in [0.25, 0.3) is 0 Å². The molecule has 0 bridgehead atoms. The van der Waals surface area contributed by atoms with Crippen molar-refractivity contribution in [3.05, 3.63) is 53.1 Å². The average molecular weight is 286 g/mol. The van der Waals surface area contributed by atoms with E-state index in [9.17, 15) is 0 Å². The molecule has 1 aromatic heterocycles. The summed E-state index contributed by atoms with van der Waals surface area (Å²) in [6.45, 7) is 7.07. The zero-order valence-corrected chi connectivity index (χ0v) is 13.6. The van der Waals surface area contributed by atoms with E-state index < -0.39 is 0 Å². The Hall–Kier alpha value is -1.65. The van der Waals surface area contributed by atoms with E-state index in [1.54, 1.807) is 0 Å². The van der Waals surface area contributed by atoms with E-state index in [2.05, 4.69) is 78.5 Å². The normalized spacial score (nSPS) is 14.4. The van der Waals surface area contributed by atoms with E-state index in [0.717, 1.165) is 23.8 Å². The standard InChI is InChI=1S/C17H26N4/c1-12-13(2)20-16(19-12)11-18-14(3)17(21(4)5)15-9-7-6-8-10-15/h6-10,14,17-18H,11H2,1-5H3,(H,19,20). The van der Waals surface area contributed by atoms with Gasteiger partial charge in [-0.25, -0.2) is 4.98 Å². The predicted molar refractivity (Wildman–Crippen MR) is 87.2 cm³/mol. The second kappa shape index (κ2) is 6.87. The number of nitrogens with zero attached hydrogens (tertiary/aromatic N) is 2. The molecule has 4 nitrogen and oxygen atoms in total. The van der Waals surface area contributed by atoms with Crippen LogP contribution in [0, 0.1) is 13.8 Å². The lowest BCUT2D eigenvalue weighted by molar-refractivity contribution is 0.239. The van der Waals surface area contributed by atoms with Crippen LogP contribution in [0.5, 0.6) is 0 Å². The average Bonchev–Trinajstić information content (AvgIpc) is 2.76. The second-order valence-electron chi connectivity index (χ2n) is 5.88. The number of hydrogen-bond donors (Lipinski definition) is 2. The Morgan fingerprint density at radius 1 is 1.19 bits per heavy atom. The van der Waals surface area contributed by atoms with Gasteiger partial charge in [0.05, 0.1) is 12.2 Å². The van der Waals surface area contributed by atoms with Crippen LogP contribution in [0.1, 0.15) is 35.7 Å². The highest BCUT2D eigenvalue weighted by Gasteiger charge is 2.21. The molecule has 0 aliphatic rings. The highest BCUT2D eigenvalue weighted by atomic mass is 15.1. The third-order valence-corrected chi connectivity index (χ3v) is 3.94. The maximum Gasteiger partial charge on any atom is 0.120 e. The first-order valence-electron chi connectivity index (χ1n) is 7.46. The number of aromatic nitrogens is 2. The summed E-state index contributed by atoms with van der Waals surface area (Å²) >= 11 is 0. The minimum absolute atomic E-state index is 0.327. The molecular weight excluding hydrogens is 260 g/mol. The van der Waals surface area contributed by atoms with Crippen molar-refractivity contribution in [3.8, 4) is 0 Å². The summed E-state index contributed by atoms with van der Waals surface area (Å²) in [5.74, 6) is 1.00. The molecular formula is C17H26N4. The smallest absolute Gasteiger partial charge is 0.120 e. The zero-order valence-electron chi connectivity index (χ0n) is 13.6. The minimum Gasteiger partial charge on any atom is -0.345 e. The Morgan fingerprint density at radius 3 is 2.38 bits per heavy atom. The van der Waals surface area contributed by atoms with Gasteiger partial charge in [0.15, 0.2) is 0 Å². The van der Waals surface area contributed by atoms with Crippen molar-refractivity contribution in [3.63, 3.8) is 0 Å². The van der Waals surface area contributed by atoms with Gasteiger partial charge in [0.2, 0.25) is 0 Å². The van der Waals surface area contributed by atoms with Crippen molar-refractivity contribution in [1.82, 2.24) is 20.2 Å². The maximum absolute atomic E-state index is 4.53. The Bertz CT molecular complexity index is 540. The third kappa shape index (κ3) is 3.93. The lowest BCUT2D eigenvalue weighted by Gasteiger charge is -2.31. The van der Waals surface area contributed by atoms with Gasteiger partial charge in [-0.3, -0.25) is 0 Å². The van der Waals surface area contributed by atoms with Crippen LogP contribution in [0.3, 0.4) is 0 Å². The molecule has 21 heavy (non-hydrogen) atoms. The van der Waals surface area contributed by atoms with Crippen molar-refractivity contribution < 1.29 is 0 Å². The molecule has 2 atom stereocenters. The monoisotopic (exact) mass is 286 g/mol. The van der Waals surface area contributed by atoms with Gasteiger partial charge in [0, 0.05) is 17.8 Å². The maximum atomic E-state index is 4.53. The highest BCUT2D eigenvalue weighted by Crippen LogP contribution is 2.21. The molecule has 2 N–H and O–H groups in total. The van der Waals surface area contributed by atoms with Crippen LogP contribution < -0.4 is 5.32 Å². The summed E-state index contributed by atoms with van der Waals surface area (Å²) in [7, 11) is 4.24. The fourth-order valence-corrected chi connectivity index (χ4v) is 2.76. The van der Waals surface area contributed by atoms with Crippen LogP contribution in [0.2, 0.25) is 0 Å². The first-order valence-corrected chi connectivity index (χ1v) is 7.46. The van der Waals surface area contributed by atoms with Gasteiger partial charge < -0.3 is 15.2 Å². The van der Waals surface area contributed by atoms with Crippen LogP contribution in [-0.4, -0.2) is 35.0 Å². The van der Waals surface area contributed by atoms with Crippen molar-refractivity contribution >= 4 is 0 Å². The fourth-order valence-electron chi connectivity index (χ4n) is 2.76. The summed E-state index contributed by atoms with van der Waals surface area (Å²) in [6.07, 6.45) is 0. The van der Waals surface area contributed by atoms with E-state index in [-0.39, 0.29) is 0 Å². The Labute approximate surface area is 127 Å². The minimum atomic E-state index is 0.327. The van der Waals surface area contributed by atoms with Crippen LogP contribution in [0.4, 0.5) is 0 Å². The van der Waals surface area contributed by atoms with Gasteiger partial charge in [0.25, 0.3) is 0 Å². The number of likely N-dealkylation sites (N-methyl/N-ethyl adjacent to an activating group) is 1. The van der Waals surface area contributed by atoms with E-state index in [4.69, 9.17) is 0 Å². The Morgan fingerprint density at radius 2 is 1.86 bits per heavy atom. The molecule has 114 valence electrons. The van der Waals surface area contributed by atoms with Crippen molar-refractivity contribution in [2.75, 3.05) is 14.1 Å². The first-order chi connectivity index (χ1) is 9.99. The van der Waals surface area contributed by atoms with Crippen molar-refractivity contribution in [1.29, 1.82) is 0 Å². The molecule has 2 aromatic rings. The van der Waals surface area contributed by atoms with Gasteiger partial charge in [-0.1, -0.05) is 30.3 Å². The number of aromatic amines is 1. The van der Waals surface area contributed by atoms with Crippen LogP contribution in [-0.2, 0) is 6.54 Å². The second-order valence-corrected chi connectivity index (χ2v) is 5.88. The van der Waals surface area contributed by atoms with E-state index >= 15 is 0 Å². The molecule has 2 rings (SSSR count). The number of aryl methyl sites for hydroxylation is 2. The van der Waals surface area contributed by atoms with Crippen LogP contribution >= 0.6 is 0 Å². The summed E-state index contributed by atoms with van der Waals surface area (Å²) in [5, 5.41) is 3.58. The predicted octanol–water partition coefficient (Wildman–Crippen LogP) is 2.81. The lowest BCUT2D eigenvalue weighted by atomic mass is 9.99. The molecule has 0 fully saturated rings. The van der Waals surface area contributed by atoms with Crippen molar-refractivity contribution in [2.24, 2.45) is 0 Å². The number of rotatable bonds is 6. The van der Waals surface area contributed by atoms with Crippen molar-refractivity contribution in [2.45, 2.75) is 39.4 Å². The summed E-state index contributed by atoms with van der Waals surface area (Å²) in [4.78, 5) is 10.1. The lowest BCUT2D eigenvalue weighted by Crippen LogP contribution is -2.39. The molecule has 0 saturated heterocycles. The molecule has 0 aliphatic carbocycles. The highest BCUT2D eigenvalue weighted by molar-refractivity contribution is 5.20. The Balaban J connectivity index is 2.04. The molecule has 1 heterocycles. The number of hydrogen-bond acceptors (Lipinski definition) is 3. The molecule has 0 radical (unpaired) electrons. The van der Waals surface area contributed by atoms with Gasteiger partial charge in [-0.15, -0.1) is 0 Å². The Kier molecular flexibility index (Phi) is 5.15. The number of benzene rings is 1. The molecule has 0 aliphatic heterocycles. The molecule has 4 heteroatoms. The van der Waals surface area contributed by atoms with Gasteiger partial charge in [0.1, 0.15) is 5.82 Å². The first kappa shape index (κ1) is 15.7. The van der Waals surface area contributed by atoms with Gasteiger partial charge in [-0.05, 0) is 40.4 Å². The quantitative estimate of drug-likeness (QED) is 0.858. The number of H-pyrrole nitrogens is 1. The molecule has 2 unspecified atom stereocenters. The summed E-state index contributed by atoms with van der Waals surface area (Å²) < 4.78 is 0. The molecule has 1 aromatic carbocycles. The van der Waals surface area contributed by atoms with Gasteiger partial charge >= 0.3 is 0 Å². The number of nitrogens with one attached hydrogen (secondary N) is 2. The molecule has 0 amide bonds. The van der Waals surface area contributed by atoms with E-state index in [1.165, 1.54) is 5.56 Å². The largest absolute Gasteiger partial charge is 0.345 e. The third-order valence-electron chi connectivity index (χ3n) is 3.94. The molecule has 0 spiro atoms. The van der Waals surface area contributed by atoms with E-state index in [1.807, 2.05) is 6.92 Å². The summed E-state index contributed by atoms with van der Waals surface area (Å²) in [5.41, 5.74) is 3.55. The topological polar surface area (TPSA) is 44.0 Å². The molecule has 0 saturated carbocycles. The zero-order chi connectivity index (χ0) is 15.4. The number of imidazole rings is 1. The van der Waals surface area contributed by atoms with Crippen LogP contribution in [0.15, 0.2) is 30.3 Å². The van der Waals surface area contributed by atoms with E-state index in [0.29, 0.717) is 12.1 Å². The van der Waals surface area contributed by atoms with Gasteiger partial charge in [-0.2, -0.15) is 0 Å². The SMILES string of the molecule is Cc1nc(CNC(C)C(c2ccccc2)N(C)C)[nH]c1C. The summed E-state index contributed by atoms with van der Waals surface area (Å²) in [6, 6.07) is 11.3. The fraction of sp³-hybridized carbons (Fsp3) is 0.471.